The molecule has 0 amide bonds. The minimum atomic E-state index is -0.292. The highest BCUT2D eigenvalue weighted by molar-refractivity contribution is 7.99. The largest absolute Gasteiger partial charge is 0.387 e. The van der Waals surface area contributed by atoms with Gasteiger partial charge in [-0.3, -0.25) is 0 Å². The van der Waals surface area contributed by atoms with E-state index in [2.05, 4.69) is 25.6 Å². The van der Waals surface area contributed by atoms with Gasteiger partial charge in [-0.2, -0.15) is 11.8 Å². The molecule has 2 aliphatic rings. The molecule has 112 valence electrons. The zero-order valence-corrected chi connectivity index (χ0v) is 14.2. The Morgan fingerprint density at radius 1 is 1.30 bits per heavy atom. The molecule has 1 atom stereocenters. The molecule has 2 nitrogen and oxygen atoms in total. The molecular weight excluding hydrogens is 286 g/mol. The summed E-state index contributed by atoms with van der Waals surface area (Å²) in [6.07, 6.45) is 8.58. The number of hydrogen-bond acceptors (Lipinski definition) is 4. The van der Waals surface area contributed by atoms with Crippen molar-refractivity contribution in [1.29, 1.82) is 0 Å². The van der Waals surface area contributed by atoms with Gasteiger partial charge in [-0.15, -0.1) is 11.3 Å². The second kappa shape index (κ2) is 5.98. The zero-order valence-electron chi connectivity index (χ0n) is 12.5. The molecule has 1 aromatic rings. The molecule has 0 aliphatic heterocycles. The number of thioether (sulfide) groups is 1. The van der Waals surface area contributed by atoms with Crippen LogP contribution in [0.4, 0.5) is 0 Å². The Morgan fingerprint density at radius 3 is 2.80 bits per heavy atom. The van der Waals surface area contributed by atoms with Gasteiger partial charge in [0.1, 0.15) is 5.01 Å². The van der Waals surface area contributed by atoms with Crippen LogP contribution in [0.2, 0.25) is 0 Å². The third kappa shape index (κ3) is 3.40. The first-order valence-corrected chi connectivity index (χ1v) is 9.68. The van der Waals surface area contributed by atoms with Crippen molar-refractivity contribution in [2.75, 3.05) is 0 Å². The van der Waals surface area contributed by atoms with E-state index in [0.717, 1.165) is 34.4 Å². The summed E-state index contributed by atoms with van der Waals surface area (Å²) in [5, 5.41) is 12.4. The van der Waals surface area contributed by atoms with E-state index in [4.69, 9.17) is 4.98 Å². The number of aliphatic hydroxyl groups is 1. The fraction of sp³-hybridized carbons (Fsp3) is 0.812. The maximum absolute atomic E-state index is 10.3. The highest BCUT2D eigenvalue weighted by Gasteiger charge is 2.34. The van der Waals surface area contributed by atoms with Gasteiger partial charge in [0.2, 0.25) is 0 Å². The number of hydrogen-bond donors (Lipinski definition) is 1. The SMILES string of the molecule is CC1(C)Cc2nc(CSC3CCCCC3)sc2C(O)C1. The standard InChI is InChI=1S/C16H25NOS2/c1-16(2)8-12-15(13(18)9-16)20-14(17-12)10-19-11-6-4-3-5-7-11/h11,13,18H,3-10H2,1-2H3. The highest BCUT2D eigenvalue weighted by Crippen LogP contribution is 2.43. The molecule has 0 spiro atoms. The van der Waals surface area contributed by atoms with Crippen LogP contribution >= 0.6 is 23.1 Å². The van der Waals surface area contributed by atoms with Crippen LogP contribution < -0.4 is 0 Å². The first-order valence-electron chi connectivity index (χ1n) is 7.82. The predicted molar refractivity (Wildman–Crippen MR) is 87.3 cm³/mol. The Kier molecular flexibility index (Phi) is 4.44. The lowest BCUT2D eigenvalue weighted by Crippen LogP contribution is -2.24. The lowest BCUT2D eigenvalue weighted by Gasteiger charge is -2.31. The smallest absolute Gasteiger partial charge is 0.103 e. The van der Waals surface area contributed by atoms with Gasteiger partial charge in [0.25, 0.3) is 0 Å². The summed E-state index contributed by atoms with van der Waals surface area (Å²) >= 11 is 3.83. The molecule has 1 fully saturated rings. The van der Waals surface area contributed by atoms with E-state index in [0.29, 0.717) is 0 Å². The Hall–Kier alpha value is -0.0600. The predicted octanol–water partition coefficient (Wildman–Crippen LogP) is 4.71. The number of aromatic nitrogens is 1. The fourth-order valence-electron chi connectivity index (χ4n) is 3.43. The first kappa shape index (κ1) is 14.9. The molecule has 0 aromatic carbocycles. The van der Waals surface area contributed by atoms with Crippen LogP contribution in [0.3, 0.4) is 0 Å². The van der Waals surface area contributed by atoms with Crippen LogP contribution in [0.15, 0.2) is 0 Å². The molecule has 1 unspecified atom stereocenters. The lowest BCUT2D eigenvalue weighted by atomic mass is 9.77. The van der Waals surface area contributed by atoms with Crippen LogP contribution in [-0.2, 0) is 12.2 Å². The van der Waals surface area contributed by atoms with Crippen LogP contribution in [0.5, 0.6) is 0 Å². The average Bonchev–Trinajstić information content (AvgIpc) is 2.79. The molecule has 1 aromatic heterocycles. The van der Waals surface area contributed by atoms with Gasteiger partial charge in [0, 0.05) is 11.0 Å². The van der Waals surface area contributed by atoms with E-state index in [-0.39, 0.29) is 11.5 Å². The lowest BCUT2D eigenvalue weighted by molar-refractivity contribution is 0.102. The van der Waals surface area contributed by atoms with Crippen molar-refractivity contribution >= 4 is 23.1 Å². The number of fused-ring (bicyclic) bond motifs is 1. The molecule has 0 radical (unpaired) electrons. The van der Waals surface area contributed by atoms with Crippen LogP contribution in [0, 0.1) is 5.41 Å². The molecule has 4 heteroatoms. The topological polar surface area (TPSA) is 33.1 Å². The third-order valence-corrected chi connectivity index (χ3v) is 7.23. The van der Waals surface area contributed by atoms with Crippen molar-refractivity contribution < 1.29 is 5.11 Å². The van der Waals surface area contributed by atoms with Gasteiger partial charge in [-0.1, -0.05) is 33.1 Å². The summed E-state index contributed by atoms with van der Waals surface area (Å²) in [6, 6.07) is 0. The van der Waals surface area contributed by atoms with Gasteiger partial charge < -0.3 is 5.11 Å². The number of rotatable bonds is 3. The maximum Gasteiger partial charge on any atom is 0.103 e. The van der Waals surface area contributed by atoms with Crippen LogP contribution in [0.1, 0.15) is 74.1 Å². The molecule has 2 aliphatic carbocycles. The van der Waals surface area contributed by atoms with Crippen LogP contribution in [-0.4, -0.2) is 15.3 Å². The summed E-state index contributed by atoms with van der Waals surface area (Å²) in [5.41, 5.74) is 1.35. The van der Waals surface area contributed by atoms with Crippen molar-refractivity contribution in [3.63, 3.8) is 0 Å². The summed E-state index contributed by atoms with van der Waals surface area (Å²) in [4.78, 5) is 5.96. The monoisotopic (exact) mass is 311 g/mol. The number of aliphatic hydroxyl groups excluding tert-OH is 1. The summed E-state index contributed by atoms with van der Waals surface area (Å²) in [6.45, 7) is 4.46. The third-order valence-electron chi connectivity index (χ3n) is 4.46. The highest BCUT2D eigenvalue weighted by atomic mass is 32.2. The van der Waals surface area contributed by atoms with Crippen molar-refractivity contribution in [3.8, 4) is 0 Å². The van der Waals surface area contributed by atoms with Crippen molar-refractivity contribution in [2.45, 2.75) is 75.9 Å². The van der Waals surface area contributed by atoms with Crippen molar-refractivity contribution in [3.05, 3.63) is 15.6 Å². The quantitative estimate of drug-likeness (QED) is 0.877. The molecule has 3 rings (SSSR count). The van der Waals surface area contributed by atoms with E-state index in [9.17, 15) is 5.11 Å². The maximum atomic E-state index is 10.3. The van der Waals surface area contributed by atoms with Gasteiger partial charge in [-0.05, 0) is 31.1 Å². The molecule has 0 bridgehead atoms. The number of thiazole rings is 1. The average molecular weight is 312 g/mol. The minimum absolute atomic E-state index is 0.189. The Balaban J connectivity index is 1.64. The second-order valence-electron chi connectivity index (χ2n) is 7.05. The van der Waals surface area contributed by atoms with Gasteiger partial charge >= 0.3 is 0 Å². The number of nitrogens with zero attached hydrogens (tertiary/aromatic N) is 1. The molecule has 0 saturated heterocycles. The normalized spacial score (nSPS) is 26.4. The van der Waals surface area contributed by atoms with E-state index >= 15 is 0 Å². The minimum Gasteiger partial charge on any atom is -0.387 e. The van der Waals surface area contributed by atoms with E-state index in [1.165, 1.54) is 37.1 Å². The summed E-state index contributed by atoms with van der Waals surface area (Å²) < 4.78 is 0. The van der Waals surface area contributed by atoms with Crippen molar-refractivity contribution in [2.24, 2.45) is 5.41 Å². The van der Waals surface area contributed by atoms with E-state index < -0.39 is 0 Å². The fourth-order valence-corrected chi connectivity index (χ4v) is 5.84. The Bertz CT molecular complexity index is 463. The Labute approximate surface area is 130 Å². The summed E-state index contributed by atoms with van der Waals surface area (Å²) in [5.74, 6) is 1.04. The molecular formula is C16H25NOS2. The first-order chi connectivity index (χ1) is 9.53. The molecule has 1 heterocycles. The van der Waals surface area contributed by atoms with E-state index in [1.54, 1.807) is 11.3 Å². The zero-order chi connectivity index (χ0) is 14.2. The summed E-state index contributed by atoms with van der Waals surface area (Å²) in [7, 11) is 0. The molecule has 1 N–H and O–H groups in total. The van der Waals surface area contributed by atoms with Gasteiger partial charge in [-0.25, -0.2) is 4.98 Å². The molecule has 1 saturated carbocycles. The van der Waals surface area contributed by atoms with Crippen LogP contribution in [0.25, 0.3) is 0 Å². The van der Waals surface area contributed by atoms with Gasteiger partial charge in [0.15, 0.2) is 0 Å². The van der Waals surface area contributed by atoms with Crippen molar-refractivity contribution in [1.82, 2.24) is 4.98 Å². The molecule has 20 heavy (non-hydrogen) atoms. The van der Waals surface area contributed by atoms with Gasteiger partial charge in [0.05, 0.1) is 16.7 Å². The Morgan fingerprint density at radius 2 is 2.05 bits per heavy atom. The van der Waals surface area contributed by atoms with E-state index in [1.807, 2.05) is 0 Å². The second-order valence-corrected chi connectivity index (χ2v) is 9.45.